The number of amides is 2. The number of nitrogens with one attached hydrogen (secondary N) is 2. The molecule has 0 spiro atoms. The molecule has 5 atom stereocenters. The van der Waals surface area contributed by atoms with E-state index in [0.29, 0.717) is 22.4 Å². The number of halogens is 2. The van der Waals surface area contributed by atoms with Gasteiger partial charge in [0.15, 0.2) is 0 Å². The van der Waals surface area contributed by atoms with Gasteiger partial charge in [-0.15, -0.1) is 0 Å². The van der Waals surface area contributed by atoms with Crippen LogP contribution in [0.4, 0.5) is 0 Å². The number of carbonyl (C=O) groups excluding carboxylic acids is 3. The molecule has 1 aromatic rings. The van der Waals surface area contributed by atoms with Gasteiger partial charge in [0, 0.05) is 18.0 Å². The van der Waals surface area contributed by atoms with Gasteiger partial charge in [0.05, 0.1) is 29.8 Å². The minimum atomic E-state index is -2.16. The number of fused-ring (bicyclic) bond motifs is 1. The van der Waals surface area contributed by atoms with Gasteiger partial charge >= 0.3 is 12.7 Å². The molecule has 2 aliphatic heterocycles. The molecule has 32 heavy (non-hydrogen) atoms. The van der Waals surface area contributed by atoms with E-state index in [1.165, 1.54) is 12.1 Å². The number of rotatable bonds is 7. The van der Waals surface area contributed by atoms with Crippen LogP contribution in [0.1, 0.15) is 44.5 Å². The summed E-state index contributed by atoms with van der Waals surface area (Å²) in [6.07, 6.45) is 0.556. The minimum absolute atomic E-state index is 0.0349. The number of nitrogens with zero attached hydrogens (tertiary/aromatic N) is 1. The van der Waals surface area contributed by atoms with Crippen LogP contribution in [0.5, 0.6) is 0 Å². The van der Waals surface area contributed by atoms with Gasteiger partial charge in [-0.25, -0.2) is 4.79 Å². The van der Waals surface area contributed by atoms with E-state index in [9.17, 15) is 14.4 Å². The lowest BCUT2D eigenvalue weighted by Crippen LogP contribution is -2.74. The van der Waals surface area contributed by atoms with Crippen LogP contribution in [-0.4, -0.2) is 67.1 Å². The van der Waals surface area contributed by atoms with Crippen molar-refractivity contribution in [1.29, 1.82) is 0 Å². The van der Waals surface area contributed by atoms with Crippen LogP contribution in [0.15, 0.2) is 18.2 Å². The molecule has 2 fully saturated rings. The van der Waals surface area contributed by atoms with Gasteiger partial charge in [0.25, 0.3) is 5.91 Å². The zero-order chi connectivity index (χ0) is 23.8. The summed E-state index contributed by atoms with van der Waals surface area (Å²) in [5.74, 6) is -1.57. The van der Waals surface area contributed by atoms with Crippen molar-refractivity contribution >= 4 is 47.7 Å². The maximum absolute atomic E-state index is 12.8. The quantitative estimate of drug-likeness (QED) is 0.579. The zero-order valence-corrected chi connectivity index (χ0v) is 20.5. The highest BCUT2D eigenvalue weighted by Gasteiger charge is 2.70. The molecule has 1 aromatic carbocycles. The molecule has 0 aromatic heterocycles. The standard InChI is InChI=1S/C21H30BCl2N3O5/c1-12(2)8-18(22-27(5,13(3)11-31-22)14(4)21(30)32-22)26-19(28)10-25-20(29)16-9-15(23)6-7-17(16)24/h6-7,9,12-14,18H,8,10-11H2,1-5H3,(H,25,29)(H,26,28)/t13-,14+,18-,22?,27?/m0/s1. The smallest absolute Gasteiger partial charge is 0.549 e. The third kappa shape index (κ3) is 4.23. The van der Waals surface area contributed by atoms with E-state index in [4.69, 9.17) is 32.5 Å². The third-order valence-corrected chi connectivity index (χ3v) is 7.49. The summed E-state index contributed by atoms with van der Waals surface area (Å²) in [6, 6.07) is 4.17. The maximum Gasteiger partial charge on any atom is 0.549 e. The first-order valence-corrected chi connectivity index (χ1v) is 11.6. The first-order valence-electron chi connectivity index (χ1n) is 10.8. The first kappa shape index (κ1) is 24.8. The largest absolute Gasteiger partial charge is 0.609 e. The second-order valence-corrected chi connectivity index (χ2v) is 10.2. The molecule has 0 radical (unpaired) electrons. The Morgan fingerprint density at radius 3 is 2.62 bits per heavy atom. The predicted molar refractivity (Wildman–Crippen MR) is 123 cm³/mol. The molecular formula is C21H30BCl2N3O5. The van der Waals surface area contributed by atoms with E-state index in [0.717, 1.165) is 0 Å². The van der Waals surface area contributed by atoms with Crippen LogP contribution in [0.2, 0.25) is 10.0 Å². The molecule has 8 nitrogen and oxygen atoms in total. The summed E-state index contributed by atoms with van der Waals surface area (Å²) in [4.78, 5) is 37.9. The predicted octanol–water partition coefficient (Wildman–Crippen LogP) is 2.54. The van der Waals surface area contributed by atoms with Crippen molar-refractivity contribution in [3.8, 4) is 0 Å². The van der Waals surface area contributed by atoms with Crippen molar-refractivity contribution in [3.63, 3.8) is 0 Å². The molecule has 11 heteroatoms. The van der Waals surface area contributed by atoms with Crippen LogP contribution in [-0.2, 0) is 18.9 Å². The Labute approximate surface area is 198 Å². The average Bonchev–Trinajstić information content (AvgIpc) is 3.09. The topological polar surface area (TPSA) is 93.7 Å². The van der Waals surface area contributed by atoms with Gasteiger partial charge in [0.1, 0.15) is 6.04 Å². The highest BCUT2D eigenvalue weighted by molar-refractivity contribution is 6.65. The van der Waals surface area contributed by atoms with Gasteiger partial charge in [-0.1, -0.05) is 43.5 Å². The Balaban J connectivity index is 1.76. The van der Waals surface area contributed by atoms with Crippen molar-refractivity contribution < 1.29 is 28.1 Å². The molecule has 3 rings (SSSR count). The minimum Gasteiger partial charge on any atom is -0.609 e. The van der Waals surface area contributed by atoms with E-state index in [1.54, 1.807) is 6.07 Å². The summed E-state index contributed by atoms with van der Waals surface area (Å²) in [5.41, 5.74) is 0.184. The molecule has 2 saturated heterocycles. The highest BCUT2D eigenvalue weighted by atomic mass is 35.5. The molecule has 0 bridgehead atoms. The number of hydrogen-bond acceptors (Lipinski definition) is 5. The van der Waals surface area contributed by atoms with Crippen LogP contribution < -0.4 is 10.6 Å². The van der Waals surface area contributed by atoms with Crippen LogP contribution in [0, 0.1) is 5.92 Å². The van der Waals surface area contributed by atoms with Gasteiger partial charge in [-0.3, -0.25) is 9.59 Å². The molecule has 0 aliphatic carbocycles. The van der Waals surface area contributed by atoms with Crippen molar-refractivity contribution in [3.05, 3.63) is 33.8 Å². The second kappa shape index (κ2) is 9.21. The number of likely N-dealkylation sites (N-methyl/N-ethyl adjacent to an activating group) is 1. The van der Waals surface area contributed by atoms with Gasteiger partial charge in [0.2, 0.25) is 5.91 Å². The summed E-state index contributed by atoms with van der Waals surface area (Å²) in [7, 11) is 1.95. The maximum atomic E-state index is 12.8. The van der Waals surface area contributed by atoms with E-state index in [2.05, 4.69) is 10.6 Å². The van der Waals surface area contributed by atoms with Crippen LogP contribution in [0.25, 0.3) is 0 Å². The lowest BCUT2D eigenvalue weighted by atomic mass is 9.57. The summed E-state index contributed by atoms with van der Waals surface area (Å²) < 4.78 is 12.3. The zero-order valence-electron chi connectivity index (χ0n) is 19.0. The van der Waals surface area contributed by atoms with Crippen molar-refractivity contribution in [2.24, 2.45) is 5.92 Å². The number of carbonyl (C=O) groups is 3. The first-order chi connectivity index (χ1) is 14.9. The van der Waals surface area contributed by atoms with Crippen LogP contribution >= 0.6 is 23.2 Å². The van der Waals surface area contributed by atoms with E-state index in [-0.39, 0.29) is 35.1 Å². The Morgan fingerprint density at radius 1 is 1.28 bits per heavy atom. The normalized spacial score (nSPS) is 30.1. The van der Waals surface area contributed by atoms with Crippen molar-refractivity contribution in [1.82, 2.24) is 10.6 Å². The average molecular weight is 486 g/mol. The highest BCUT2D eigenvalue weighted by Crippen LogP contribution is 2.44. The van der Waals surface area contributed by atoms with E-state index < -0.39 is 30.5 Å². The summed E-state index contributed by atoms with van der Waals surface area (Å²) >= 11 is 12.0. The van der Waals surface area contributed by atoms with Crippen molar-refractivity contribution in [2.75, 3.05) is 20.2 Å². The van der Waals surface area contributed by atoms with Gasteiger partial charge in [-0.2, -0.15) is 0 Å². The Bertz CT molecular complexity index is 933. The van der Waals surface area contributed by atoms with E-state index in [1.807, 2.05) is 34.7 Å². The summed E-state index contributed by atoms with van der Waals surface area (Å²) in [6.45, 7) is 5.90. The monoisotopic (exact) mass is 485 g/mol. The Morgan fingerprint density at radius 2 is 1.97 bits per heavy atom. The summed E-state index contributed by atoms with van der Waals surface area (Å²) in [5, 5.41) is 6.14. The molecule has 0 saturated carbocycles. The van der Waals surface area contributed by atoms with Gasteiger partial charge < -0.3 is 24.3 Å². The fourth-order valence-electron chi connectivity index (χ4n) is 4.90. The molecule has 2 N–H and O–H groups in total. The molecule has 176 valence electrons. The van der Waals surface area contributed by atoms with Crippen LogP contribution in [0.3, 0.4) is 0 Å². The second-order valence-electron chi connectivity index (χ2n) is 9.36. The number of hydrogen-bond donors (Lipinski definition) is 2. The third-order valence-electron chi connectivity index (χ3n) is 6.92. The number of quaternary nitrogens is 1. The fourth-order valence-corrected chi connectivity index (χ4v) is 5.28. The number of benzene rings is 1. The fraction of sp³-hybridized carbons (Fsp3) is 0.571. The molecular weight excluding hydrogens is 456 g/mol. The molecule has 2 heterocycles. The van der Waals surface area contributed by atoms with E-state index >= 15 is 0 Å². The SMILES string of the molecule is CC(C)C[C@H](NC(=O)CNC(=O)c1cc(Cl)ccc1Cl)[B-]12OC[C@H](C)[N+]1(C)[C@H](C)C(=O)O2. The Hall–Kier alpha value is -1.81. The molecule has 2 amide bonds. The Kier molecular flexibility index (Phi) is 7.15. The molecule has 2 unspecified atom stereocenters. The lowest BCUT2D eigenvalue weighted by Gasteiger charge is -2.50. The lowest BCUT2D eigenvalue weighted by molar-refractivity contribution is -0.844. The van der Waals surface area contributed by atoms with Crippen molar-refractivity contribution in [2.45, 2.75) is 52.1 Å². The molecule has 2 aliphatic rings. The van der Waals surface area contributed by atoms with Gasteiger partial charge in [-0.05, 0) is 38.0 Å².